The Balaban J connectivity index is 1.72. The van der Waals surface area contributed by atoms with Gasteiger partial charge in [-0.05, 0) is 24.7 Å². The van der Waals surface area contributed by atoms with Crippen molar-refractivity contribution >= 4 is 17.4 Å². The maximum atomic E-state index is 5.80. The monoisotopic (exact) mass is 253 g/mol. The molecule has 1 fully saturated rings. The number of halogens is 1. The molecule has 2 atom stereocenters. The molecule has 0 saturated heterocycles. The molecule has 0 spiro atoms. The maximum Gasteiger partial charge on any atom is 0.134 e. The minimum absolute atomic E-state index is 0.494. The molecule has 0 bridgehead atoms. The Morgan fingerprint density at radius 3 is 3.06 bits per heavy atom. The fourth-order valence-electron chi connectivity index (χ4n) is 2.66. The van der Waals surface area contributed by atoms with Crippen molar-refractivity contribution in [2.45, 2.75) is 39.0 Å². The van der Waals surface area contributed by atoms with Crippen LogP contribution in [0, 0.1) is 11.8 Å². The number of rotatable bonds is 4. The van der Waals surface area contributed by atoms with Gasteiger partial charge in [-0.2, -0.15) is 0 Å². The summed E-state index contributed by atoms with van der Waals surface area (Å²) in [5, 5.41) is 3.81. The summed E-state index contributed by atoms with van der Waals surface area (Å²) in [5.41, 5.74) is 0. The molecule has 2 rings (SSSR count). The highest BCUT2D eigenvalue weighted by Crippen LogP contribution is 2.30. The normalized spacial score (nSPS) is 24.6. The summed E-state index contributed by atoms with van der Waals surface area (Å²) in [6, 6.07) is 1.77. The fraction of sp³-hybridized carbons (Fsp3) is 0.692. The van der Waals surface area contributed by atoms with Gasteiger partial charge in [0.2, 0.25) is 0 Å². The van der Waals surface area contributed by atoms with Crippen LogP contribution < -0.4 is 5.32 Å². The van der Waals surface area contributed by atoms with Gasteiger partial charge in [0.25, 0.3) is 0 Å². The van der Waals surface area contributed by atoms with Gasteiger partial charge in [0, 0.05) is 12.6 Å². The molecule has 1 heterocycles. The molecule has 2 unspecified atom stereocenters. The average molecular weight is 254 g/mol. The second-order valence-corrected chi connectivity index (χ2v) is 5.47. The van der Waals surface area contributed by atoms with Crippen molar-refractivity contribution in [3.05, 3.63) is 17.5 Å². The van der Waals surface area contributed by atoms with Crippen LogP contribution in [0.15, 0.2) is 12.4 Å². The summed E-state index contributed by atoms with van der Waals surface area (Å²) in [7, 11) is 0. The molecule has 0 amide bonds. The molecule has 1 aromatic rings. The van der Waals surface area contributed by atoms with Gasteiger partial charge in [-0.3, -0.25) is 0 Å². The number of hydrogen-bond donors (Lipinski definition) is 1. The van der Waals surface area contributed by atoms with Crippen LogP contribution in [0.1, 0.15) is 39.0 Å². The van der Waals surface area contributed by atoms with Gasteiger partial charge in [-0.15, -0.1) is 0 Å². The number of nitrogens with zero attached hydrogens (tertiary/aromatic N) is 2. The molecule has 1 N–H and O–H groups in total. The van der Waals surface area contributed by atoms with E-state index < -0.39 is 0 Å². The van der Waals surface area contributed by atoms with E-state index in [0.29, 0.717) is 5.15 Å². The van der Waals surface area contributed by atoms with Crippen LogP contribution in [0.3, 0.4) is 0 Å². The Morgan fingerprint density at radius 1 is 1.41 bits per heavy atom. The lowest BCUT2D eigenvalue weighted by atomic mass is 9.81. The molecule has 0 radical (unpaired) electrons. The third-order valence-corrected chi connectivity index (χ3v) is 3.74. The van der Waals surface area contributed by atoms with Crippen LogP contribution in [0.25, 0.3) is 0 Å². The summed E-state index contributed by atoms with van der Waals surface area (Å²) in [5.74, 6) is 2.61. The van der Waals surface area contributed by atoms with Crippen LogP contribution in [-0.2, 0) is 0 Å². The predicted octanol–water partition coefficient (Wildman–Crippen LogP) is 3.76. The molecule has 1 aliphatic rings. The molecule has 4 heteroatoms. The topological polar surface area (TPSA) is 37.8 Å². The van der Waals surface area contributed by atoms with E-state index in [2.05, 4.69) is 22.2 Å². The molecule has 94 valence electrons. The molecule has 1 aromatic heterocycles. The van der Waals surface area contributed by atoms with E-state index in [0.717, 1.165) is 24.2 Å². The van der Waals surface area contributed by atoms with Gasteiger partial charge >= 0.3 is 0 Å². The lowest BCUT2D eigenvalue weighted by molar-refractivity contribution is 0.274. The second kappa shape index (κ2) is 6.20. The molecule has 1 aliphatic carbocycles. The Bertz CT molecular complexity index is 356. The van der Waals surface area contributed by atoms with E-state index in [-0.39, 0.29) is 0 Å². The van der Waals surface area contributed by atoms with E-state index in [4.69, 9.17) is 11.6 Å². The summed E-state index contributed by atoms with van der Waals surface area (Å²) in [4.78, 5) is 7.99. The number of anilines is 1. The quantitative estimate of drug-likeness (QED) is 0.831. The van der Waals surface area contributed by atoms with Crippen molar-refractivity contribution < 1.29 is 0 Å². The van der Waals surface area contributed by atoms with Crippen LogP contribution in [-0.4, -0.2) is 16.5 Å². The van der Waals surface area contributed by atoms with Crippen LogP contribution >= 0.6 is 11.6 Å². The van der Waals surface area contributed by atoms with E-state index >= 15 is 0 Å². The van der Waals surface area contributed by atoms with Gasteiger partial charge in [0.15, 0.2) is 0 Å². The van der Waals surface area contributed by atoms with Gasteiger partial charge < -0.3 is 5.32 Å². The van der Waals surface area contributed by atoms with Gasteiger partial charge in [-0.25, -0.2) is 9.97 Å². The maximum absolute atomic E-state index is 5.80. The zero-order valence-electron chi connectivity index (χ0n) is 10.3. The number of nitrogens with one attached hydrogen (secondary N) is 1. The van der Waals surface area contributed by atoms with E-state index in [1.54, 1.807) is 6.07 Å². The van der Waals surface area contributed by atoms with Crippen molar-refractivity contribution in [3.63, 3.8) is 0 Å². The first-order valence-corrected chi connectivity index (χ1v) is 6.83. The van der Waals surface area contributed by atoms with Crippen molar-refractivity contribution in [3.8, 4) is 0 Å². The Labute approximate surface area is 108 Å². The highest BCUT2D eigenvalue weighted by Gasteiger charge is 2.18. The smallest absolute Gasteiger partial charge is 0.134 e. The van der Waals surface area contributed by atoms with Crippen molar-refractivity contribution in [2.75, 3.05) is 11.9 Å². The third-order valence-electron chi connectivity index (χ3n) is 3.54. The van der Waals surface area contributed by atoms with Crippen LogP contribution in [0.2, 0.25) is 5.15 Å². The predicted molar refractivity (Wildman–Crippen MR) is 71.3 cm³/mol. The largest absolute Gasteiger partial charge is 0.370 e. The Hall–Kier alpha value is -0.830. The fourth-order valence-corrected chi connectivity index (χ4v) is 2.80. The van der Waals surface area contributed by atoms with E-state index in [1.165, 1.54) is 38.4 Å². The zero-order chi connectivity index (χ0) is 12.1. The minimum atomic E-state index is 0.494. The molecule has 0 aliphatic heterocycles. The molecule has 0 aromatic carbocycles. The zero-order valence-corrected chi connectivity index (χ0v) is 11.1. The Morgan fingerprint density at radius 2 is 2.29 bits per heavy atom. The number of aromatic nitrogens is 2. The van der Waals surface area contributed by atoms with Crippen molar-refractivity contribution in [2.24, 2.45) is 11.8 Å². The first kappa shape index (κ1) is 12.6. The molecule has 3 nitrogen and oxygen atoms in total. The average Bonchev–Trinajstić information content (AvgIpc) is 2.29. The first-order chi connectivity index (χ1) is 8.24. The second-order valence-electron chi connectivity index (χ2n) is 5.08. The van der Waals surface area contributed by atoms with Gasteiger partial charge in [0.1, 0.15) is 17.3 Å². The number of hydrogen-bond acceptors (Lipinski definition) is 3. The van der Waals surface area contributed by atoms with Crippen LogP contribution in [0.4, 0.5) is 5.82 Å². The minimum Gasteiger partial charge on any atom is -0.370 e. The van der Waals surface area contributed by atoms with E-state index in [9.17, 15) is 0 Å². The Kier molecular flexibility index (Phi) is 4.60. The molecule has 17 heavy (non-hydrogen) atoms. The molecular weight excluding hydrogens is 234 g/mol. The standard InChI is InChI=1S/C13H20ClN3/c1-10-3-2-4-11(7-10)5-6-15-13-8-12(14)16-9-17-13/h8-11H,2-7H2,1H3,(H,15,16,17). The highest BCUT2D eigenvalue weighted by atomic mass is 35.5. The SMILES string of the molecule is CC1CCCC(CCNc2cc(Cl)ncn2)C1. The molecule has 1 saturated carbocycles. The van der Waals surface area contributed by atoms with Crippen LogP contribution in [0.5, 0.6) is 0 Å². The first-order valence-electron chi connectivity index (χ1n) is 6.45. The van der Waals surface area contributed by atoms with Crippen molar-refractivity contribution in [1.82, 2.24) is 9.97 Å². The third kappa shape index (κ3) is 4.15. The van der Waals surface area contributed by atoms with Gasteiger partial charge in [0.05, 0.1) is 0 Å². The lowest BCUT2D eigenvalue weighted by Gasteiger charge is -2.26. The van der Waals surface area contributed by atoms with Crippen molar-refractivity contribution in [1.29, 1.82) is 0 Å². The summed E-state index contributed by atoms with van der Waals surface area (Å²) < 4.78 is 0. The highest BCUT2D eigenvalue weighted by molar-refractivity contribution is 6.29. The summed E-state index contributed by atoms with van der Waals surface area (Å²) >= 11 is 5.80. The van der Waals surface area contributed by atoms with E-state index in [1.807, 2.05) is 0 Å². The summed E-state index contributed by atoms with van der Waals surface area (Å²) in [6.45, 7) is 3.34. The summed E-state index contributed by atoms with van der Waals surface area (Å²) in [6.07, 6.45) is 8.29. The van der Waals surface area contributed by atoms with Gasteiger partial charge in [-0.1, -0.05) is 37.8 Å². The lowest BCUT2D eigenvalue weighted by Crippen LogP contribution is -2.16. The molecular formula is C13H20ClN3.